The van der Waals surface area contributed by atoms with Crippen LogP contribution in [0, 0.1) is 5.92 Å². The van der Waals surface area contributed by atoms with Crippen LogP contribution in [0.2, 0.25) is 10.0 Å². The fourth-order valence-electron chi connectivity index (χ4n) is 3.82. The third-order valence-electron chi connectivity index (χ3n) is 5.83. The molecule has 0 heterocycles. The molecule has 0 saturated carbocycles. The van der Waals surface area contributed by atoms with E-state index in [4.69, 9.17) is 23.2 Å². The van der Waals surface area contributed by atoms with E-state index in [-0.39, 0.29) is 18.2 Å². The Morgan fingerprint density at radius 2 is 1.37 bits per heavy atom. The fourth-order valence-corrected chi connectivity index (χ4v) is 4.07. The molecule has 1 atom stereocenters. The van der Waals surface area contributed by atoms with E-state index in [1.165, 1.54) is 0 Å². The van der Waals surface area contributed by atoms with Crippen LogP contribution >= 0.6 is 23.2 Å². The summed E-state index contributed by atoms with van der Waals surface area (Å²) in [6, 6.07) is 23.8. The number of carbonyl (C=O) groups excluding carboxylic acids is 2. The highest BCUT2D eigenvalue weighted by atomic mass is 35.5. The summed E-state index contributed by atoms with van der Waals surface area (Å²) in [5, 5.41) is 4.31. The smallest absolute Gasteiger partial charge is 0.243 e. The van der Waals surface area contributed by atoms with Gasteiger partial charge in [0.1, 0.15) is 6.04 Å². The summed E-state index contributed by atoms with van der Waals surface area (Å²) in [5.41, 5.74) is 2.75. The molecule has 3 aromatic rings. The van der Waals surface area contributed by atoms with Gasteiger partial charge in [0.15, 0.2) is 0 Å². The van der Waals surface area contributed by atoms with Crippen LogP contribution < -0.4 is 5.32 Å². The molecular weight excluding hydrogens is 479 g/mol. The number of hydrogen-bond donors (Lipinski definition) is 1. The Kier molecular flexibility index (Phi) is 10.2. The highest BCUT2D eigenvalue weighted by Crippen LogP contribution is 2.19. The predicted molar refractivity (Wildman–Crippen MR) is 144 cm³/mol. The minimum atomic E-state index is -0.653. The number of carbonyl (C=O) groups is 2. The summed E-state index contributed by atoms with van der Waals surface area (Å²) in [7, 11) is 0. The van der Waals surface area contributed by atoms with Gasteiger partial charge in [-0.05, 0) is 53.3 Å². The molecular formula is C29H32Cl2N2O2. The van der Waals surface area contributed by atoms with Crippen LogP contribution in [-0.2, 0) is 29.0 Å². The lowest BCUT2D eigenvalue weighted by molar-refractivity contribution is -0.140. The van der Waals surface area contributed by atoms with Crippen LogP contribution in [0.25, 0.3) is 0 Å². The maximum Gasteiger partial charge on any atom is 0.243 e. The number of halogens is 2. The Labute approximate surface area is 218 Å². The van der Waals surface area contributed by atoms with Crippen molar-refractivity contribution in [2.45, 2.75) is 45.7 Å². The maximum atomic E-state index is 13.7. The van der Waals surface area contributed by atoms with Crippen LogP contribution in [0.15, 0.2) is 78.9 Å². The van der Waals surface area contributed by atoms with E-state index in [9.17, 15) is 9.59 Å². The third kappa shape index (κ3) is 8.72. The van der Waals surface area contributed by atoms with E-state index < -0.39 is 6.04 Å². The van der Waals surface area contributed by atoms with Gasteiger partial charge in [-0.3, -0.25) is 9.59 Å². The third-order valence-corrected chi connectivity index (χ3v) is 6.33. The van der Waals surface area contributed by atoms with Crippen molar-refractivity contribution in [1.29, 1.82) is 0 Å². The van der Waals surface area contributed by atoms with Crippen molar-refractivity contribution in [3.05, 3.63) is 106 Å². The highest BCUT2D eigenvalue weighted by molar-refractivity contribution is 6.30. The standard InChI is InChI=1S/C29H32Cl2N2O2/c1-21(2)16-17-32-29(35)27(18-22-6-4-3-5-7-22)33(20-24-10-14-26(31)15-11-24)28(34)19-23-8-12-25(30)13-9-23/h3-15,21,27H,16-20H2,1-2H3,(H,32,35)/t27-/m0/s1. The number of rotatable bonds is 11. The minimum absolute atomic E-state index is 0.123. The molecule has 0 aliphatic heterocycles. The molecule has 0 aliphatic rings. The summed E-state index contributed by atoms with van der Waals surface area (Å²) >= 11 is 12.1. The molecule has 0 aliphatic carbocycles. The molecule has 0 radical (unpaired) electrons. The number of hydrogen-bond acceptors (Lipinski definition) is 2. The number of nitrogens with one attached hydrogen (secondary N) is 1. The molecule has 6 heteroatoms. The molecule has 1 N–H and O–H groups in total. The first-order valence-corrected chi connectivity index (χ1v) is 12.7. The zero-order valence-electron chi connectivity index (χ0n) is 20.2. The van der Waals surface area contributed by atoms with Crippen molar-refractivity contribution in [3.63, 3.8) is 0 Å². The van der Waals surface area contributed by atoms with Crippen molar-refractivity contribution >= 4 is 35.0 Å². The van der Waals surface area contributed by atoms with Gasteiger partial charge in [-0.25, -0.2) is 0 Å². The predicted octanol–water partition coefficient (Wildman–Crippen LogP) is 6.34. The monoisotopic (exact) mass is 510 g/mol. The van der Waals surface area contributed by atoms with Crippen molar-refractivity contribution in [3.8, 4) is 0 Å². The summed E-state index contributed by atoms with van der Waals surface area (Å²) in [6.45, 7) is 5.12. The molecule has 0 unspecified atom stereocenters. The van der Waals surface area contributed by atoms with Crippen LogP contribution in [0.4, 0.5) is 0 Å². The Morgan fingerprint density at radius 1 is 0.800 bits per heavy atom. The lowest BCUT2D eigenvalue weighted by atomic mass is 10.0. The van der Waals surface area contributed by atoms with Gasteiger partial charge in [0.05, 0.1) is 6.42 Å². The van der Waals surface area contributed by atoms with Gasteiger partial charge in [0, 0.05) is 29.6 Å². The lowest BCUT2D eigenvalue weighted by Crippen LogP contribution is -2.51. The fraction of sp³-hybridized carbons (Fsp3) is 0.310. The highest BCUT2D eigenvalue weighted by Gasteiger charge is 2.30. The SMILES string of the molecule is CC(C)CCNC(=O)[C@H](Cc1ccccc1)N(Cc1ccc(Cl)cc1)C(=O)Cc1ccc(Cl)cc1. The van der Waals surface area contributed by atoms with E-state index in [0.717, 1.165) is 23.1 Å². The van der Waals surface area contributed by atoms with Gasteiger partial charge in [-0.15, -0.1) is 0 Å². The van der Waals surface area contributed by atoms with Gasteiger partial charge in [0.2, 0.25) is 11.8 Å². The molecule has 0 bridgehead atoms. The van der Waals surface area contributed by atoms with Crippen LogP contribution in [0.3, 0.4) is 0 Å². The Hall–Kier alpha value is -2.82. The first-order valence-electron chi connectivity index (χ1n) is 11.9. The molecule has 35 heavy (non-hydrogen) atoms. The number of nitrogens with zero attached hydrogens (tertiary/aromatic N) is 1. The van der Waals surface area contributed by atoms with E-state index in [1.54, 1.807) is 29.2 Å². The molecule has 0 saturated heterocycles. The second-order valence-corrected chi connectivity index (χ2v) is 10.0. The zero-order valence-corrected chi connectivity index (χ0v) is 21.7. The quantitative estimate of drug-likeness (QED) is 0.327. The van der Waals surface area contributed by atoms with Gasteiger partial charge in [-0.2, -0.15) is 0 Å². The van der Waals surface area contributed by atoms with Gasteiger partial charge < -0.3 is 10.2 Å². The average molecular weight is 511 g/mol. The second-order valence-electron chi connectivity index (χ2n) is 9.13. The van der Waals surface area contributed by atoms with Crippen LogP contribution in [0.5, 0.6) is 0 Å². The molecule has 0 fully saturated rings. The minimum Gasteiger partial charge on any atom is -0.354 e. The summed E-state index contributed by atoms with van der Waals surface area (Å²) in [6.07, 6.45) is 1.48. The largest absolute Gasteiger partial charge is 0.354 e. The lowest BCUT2D eigenvalue weighted by Gasteiger charge is -2.32. The average Bonchev–Trinajstić information content (AvgIpc) is 2.84. The second kappa shape index (κ2) is 13.3. The van der Waals surface area contributed by atoms with E-state index in [2.05, 4.69) is 19.2 Å². The molecule has 4 nitrogen and oxygen atoms in total. The normalized spacial score (nSPS) is 11.8. The van der Waals surface area contributed by atoms with Gasteiger partial charge in [0.25, 0.3) is 0 Å². The molecule has 0 aromatic heterocycles. The Bertz CT molecular complexity index is 1080. The summed E-state index contributed by atoms with van der Waals surface area (Å²) < 4.78 is 0. The number of benzene rings is 3. The van der Waals surface area contributed by atoms with E-state index >= 15 is 0 Å². The first kappa shape index (κ1) is 26.8. The van der Waals surface area contributed by atoms with Crippen molar-refractivity contribution in [2.75, 3.05) is 6.54 Å². The van der Waals surface area contributed by atoms with Gasteiger partial charge in [-0.1, -0.05) is 91.6 Å². The van der Waals surface area contributed by atoms with Crippen LogP contribution in [0.1, 0.15) is 37.0 Å². The number of amides is 2. The summed E-state index contributed by atoms with van der Waals surface area (Å²) in [4.78, 5) is 28.8. The molecule has 184 valence electrons. The van der Waals surface area contributed by atoms with E-state index in [1.807, 2.05) is 54.6 Å². The molecule has 2 amide bonds. The zero-order chi connectivity index (χ0) is 25.2. The first-order chi connectivity index (χ1) is 16.8. The maximum absolute atomic E-state index is 13.7. The molecule has 0 spiro atoms. The molecule has 3 rings (SSSR count). The van der Waals surface area contributed by atoms with Crippen LogP contribution in [-0.4, -0.2) is 29.3 Å². The van der Waals surface area contributed by atoms with Gasteiger partial charge >= 0.3 is 0 Å². The molecule has 3 aromatic carbocycles. The topological polar surface area (TPSA) is 49.4 Å². The van der Waals surface area contributed by atoms with Crippen molar-refractivity contribution in [1.82, 2.24) is 10.2 Å². The Morgan fingerprint density at radius 3 is 1.94 bits per heavy atom. The van der Waals surface area contributed by atoms with E-state index in [0.29, 0.717) is 35.5 Å². The van der Waals surface area contributed by atoms with Crippen molar-refractivity contribution in [2.24, 2.45) is 5.92 Å². The Balaban J connectivity index is 1.91. The summed E-state index contributed by atoms with van der Waals surface area (Å²) in [5.74, 6) is 0.203. The van der Waals surface area contributed by atoms with Crippen molar-refractivity contribution < 1.29 is 9.59 Å².